The van der Waals surface area contributed by atoms with Crippen molar-refractivity contribution < 1.29 is 19.4 Å². The maximum absolute atomic E-state index is 11.9. The van der Waals surface area contributed by atoms with Crippen molar-refractivity contribution in [2.24, 2.45) is 0 Å². The van der Waals surface area contributed by atoms with Gasteiger partial charge in [-0.1, -0.05) is 35.9 Å². The number of carboxylic acids is 1. The van der Waals surface area contributed by atoms with Crippen LogP contribution in [0.2, 0.25) is 5.02 Å². The summed E-state index contributed by atoms with van der Waals surface area (Å²) in [5.41, 5.74) is 1.21. The van der Waals surface area contributed by atoms with Crippen molar-refractivity contribution in [3.05, 3.63) is 65.2 Å². The van der Waals surface area contributed by atoms with Crippen LogP contribution in [0.3, 0.4) is 0 Å². The van der Waals surface area contributed by atoms with E-state index in [4.69, 9.17) is 21.4 Å². The first kappa shape index (κ1) is 16.6. The molecule has 0 saturated carbocycles. The Kier molecular flexibility index (Phi) is 5.77. The molecule has 0 aliphatic rings. The normalized spacial score (nSPS) is 10.5. The average molecular weight is 332 g/mol. The molecule has 0 radical (unpaired) electrons. The number of para-hydroxylation sites is 1. The molecule has 118 valence electrons. The fourth-order valence-electron chi connectivity index (χ4n) is 1.79. The first-order valence-electron chi connectivity index (χ1n) is 6.73. The quantitative estimate of drug-likeness (QED) is 0.795. The van der Waals surface area contributed by atoms with Crippen LogP contribution < -0.4 is 10.1 Å². The van der Waals surface area contributed by atoms with Gasteiger partial charge in [-0.3, -0.25) is 4.79 Å². The van der Waals surface area contributed by atoms with Crippen LogP contribution in [-0.4, -0.2) is 23.6 Å². The van der Waals surface area contributed by atoms with E-state index >= 15 is 0 Å². The molecule has 1 amide bonds. The van der Waals surface area contributed by atoms with Gasteiger partial charge in [0.2, 0.25) is 0 Å². The molecule has 0 aliphatic heterocycles. The lowest BCUT2D eigenvalue weighted by Crippen LogP contribution is -2.20. The zero-order valence-electron chi connectivity index (χ0n) is 12.0. The number of halogens is 1. The predicted molar refractivity (Wildman–Crippen MR) is 88.7 cm³/mol. The number of carbonyl (C=O) groups excluding carboxylic acids is 1. The summed E-state index contributed by atoms with van der Waals surface area (Å²) < 4.78 is 5.34. The van der Waals surface area contributed by atoms with E-state index in [1.165, 1.54) is 6.08 Å². The lowest BCUT2D eigenvalue weighted by Gasteiger charge is -2.09. The van der Waals surface area contributed by atoms with Gasteiger partial charge in [-0.25, -0.2) is 4.79 Å². The van der Waals surface area contributed by atoms with E-state index in [0.717, 1.165) is 6.08 Å². The predicted octanol–water partition coefficient (Wildman–Crippen LogP) is 3.46. The van der Waals surface area contributed by atoms with E-state index < -0.39 is 5.97 Å². The fraction of sp³-hybridized carbons (Fsp3) is 0.0588. The van der Waals surface area contributed by atoms with Gasteiger partial charge in [0.1, 0.15) is 5.75 Å². The van der Waals surface area contributed by atoms with Crippen molar-refractivity contribution in [1.82, 2.24) is 0 Å². The number of anilines is 1. The molecule has 0 heterocycles. The van der Waals surface area contributed by atoms with Gasteiger partial charge in [-0.05, 0) is 35.9 Å². The van der Waals surface area contributed by atoms with Crippen molar-refractivity contribution in [2.75, 3.05) is 11.9 Å². The second-order valence-electron chi connectivity index (χ2n) is 4.56. The van der Waals surface area contributed by atoms with Gasteiger partial charge in [0.05, 0.1) is 5.02 Å². The van der Waals surface area contributed by atoms with Crippen molar-refractivity contribution in [2.45, 2.75) is 0 Å². The molecule has 6 heteroatoms. The minimum atomic E-state index is -1.03. The molecular weight excluding hydrogens is 318 g/mol. The largest absolute Gasteiger partial charge is 0.482 e. The number of hydrogen-bond donors (Lipinski definition) is 2. The molecule has 2 aromatic carbocycles. The summed E-state index contributed by atoms with van der Waals surface area (Å²) in [5.74, 6) is -0.945. The molecule has 0 atom stereocenters. The summed E-state index contributed by atoms with van der Waals surface area (Å²) in [7, 11) is 0. The topological polar surface area (TPSA) is 75.6 Å². The number of hydrogen-bond acceptors (Lipinski definition) is 3. The summed E-state index contributed by atoms with van der Waals surface area (Å²) in [4.78, 5) is 22.4. The molecule has 2 aromatic rings. The minimum Gasteiger partial charge on any atom is -0.482 e. The number of carboxylic acid groups (broad SMARTS) is 1. The molecule has 23 heavy (non-hydrogen) atoms. The standard InChI is InChI=1S/C17H14ClNO4/c18-14-6-1-2-7-15(14)23-11-16(20)19-13-5-3-4-12(10-13)8-9-17(21)22/h1-10H,11H2,(H,19,20)(H,21,22)/b9-8+. The Labute approximate surface area is 138 Å². The van der Waals surface area contributed by atoms with Gasteiger partial charge in [0, 0.05) is 11.8 Å². The number of rotatable bonds is 6. The van der Waals surface area contributed by atoms with E-state index in [2.05, 4.69) is 5.32 Å². The van der Waals surface area contributed by atoms with Gasteiger partial charge < -0.3 is 15.2 Å². The van der Waals surface area contributed by atoms with Gasteiger partial charge in [-0.2, -0.15) is 0 Å². The van der Waals surface area contributed by atoms with E-state index in [0.29, 0.717) is 22.0 Å². The molecule has 0 bridgehead atoms. The summed E-state index contributed by atoms with van der Waals surface area (Å²) in [5, 5.41) is 11.7. The highest BCUT2D eigenvalue weighted by atomic mass is 35.5. The van der Waals surface area contributed by atoms with Crippen molar-refractivity contribution in [3.63, 3.8) is 0 Å². The van der Waals surface area contributed by atoms with Crippen LogP contribution in [0.15, 0.2) is 54.6 Å². The van der Waals surface area contributed by atoms with Gasteiger partial charge in [0.15, 0.2) is 6.61 Å². The fourth-order valence-corrected chi connectivity index (χ4v) is 1.98. The number of ether oxygens (including phenoxy) is 1. The number of nitrogens with one attached hydrogen (secondary N) is 1. The molecule has 0 unspecified atom stereocenters. The second kappa shape index (κ2) is 8.00. The minimum absolute atomic E-state index is 0.182. The Morgan fingerprint density at radius 1 is 1.17 bits per heavy atom. The summed E-state index contributed by atoms with van der Waals surface area (Å²) in [6.45, 7) is -0.182. The highest BCUT2D eigenvalue weighted by Gasteiger charge is 2.06. The third-order valence-electron chi connectivity index (χ3n) is 2.78. The Morgan fingerprint density at radius 2 is 1.96 bits per heavy atom. The van der Waals surface area contributed by atoms with E-state index in [9.17, 15) is 9.59 Å². The van der Waals surface area contributed by atoms with Crippen LogP contribution in [0, 0.1) is 0 Å². The lowest BCUT2D eigenvalue weighted by molar-refractivity contribution is -0.131. The Hall–Kier alpha value is -2.79. The third kappa shape index (κ3) is 5.48. The molecule has 5 nitrogen and oxygen atoms in total. The Balaban J connectivity index is 1.94. The second-order valence-corrected chi connectivity index (χ2v) is 4.97. The average Bonchev–Trinajstić information content (AvgIpc) is 2.52. The van der Waals surface area contributed by atoms with E-state index in [1.54, 1.807) is 48.5 Å². The first-order chi connectivity index (χ1) is 11.0. The molecule has 0 aliphatic carbocycles. The zero-order valence-corrected chi connectivity index (χ0v) is 12.8. The maximum Gasteiger partial charge on any atom is 0.328 e. The lowest BCUT2D eigenvalue weighted by atomic mass is 10.2. The number of amides is 1. The highest BCUT2D eigenvalue weighted by Crippen LogP contribution is 2.23. The molecule has 0 fully saturated rings. The van der Waals surface area contributed by atoms with E-state index in [-0.39, 0.29) is 12.5 Å². The molecule has 0 aromatic heterocycles. The molecule has 2 N–H and O–H groups in total. The summed E-state index contributed by atoms with van der Waals surface area (Å²) in [6, 6.07) is 13.7. The Bertz CT molecular complexity index is 743. The van der Waals surface area contributed by atoms with Crippen molar-refractivity contribution >= 4 is 35.2 Å². The number of benzene rings is 2. The monoisotopic (exact) mass is 331 g/mol. The molecule has 0 spiro atoms. The van der Waals surface area contributed by atoms with Crippen LogP contribution in [0.4, 0.5) is 5.69 Å². The van der Waals surface area contributed by atoms with Gasteiger partial charge in [-0.15, -0.1) is 0 Å². The molecule has 2 rings (SSSR count). The van der Waals surface area contributed by atoms with Crippen LogP contribution in [0.25, 0.3) is 6.08 Å². The zero-order chi connectivity index (χ0) is 16.7. The number of carbonyl (C=O) groups is 2. The van der Waals surface area contributed by atoms with E-state index in [1.807, 2.05) is 0 Å². The maximum atomic E-state index is 11.9. The van der Waals surface area contributed by atoms with Crippen LogP contribution in [-0.2, 0) is 9.59 Å². The van der Waals surface area contributed by atoms with Crippen LogP contribution in [0.1, 0.15) is 5.56 Å². The first-order valence-corrected chi connectivity index (χ1v) is 7.10. The van der Waals surface area contributed by atoms with Crippen molar-refractivity contribution in [3.8, 4) is 5.75 Å². The number of aliphatic carboxylic acids is 1. The summed E-state index contributed by atoms with van der Waals surface area (Å²) >= 11 is 5.94. The smallest absolute Gasteiger partial charge is 0.328 e. The van der Waals surface area contributed by atoms with Crippen molar-refractivity contribution in [1.29, 1.82) is 0 Å². The highest BCUT2D eigenvalue weighted by molar-refractivity contribution is 6.32. The van der Waals surface area contributed by atoms with Crippen LogP contribution in [0.5, 0.6) is 5.75 Å². The third-order valence-corrected chi connectivity index (χ3v) is 3.10. The Morgan fingerprint density at radius 3 is 2.70 bits per heavy atom. The van der Waals surface area contributed by atoms with Gasteiger partial charge >= 0.3 is 5.97 Å². The SMILES string of the molecule is O=C(O)/C=C/c1cccc(NC(=O)COc2ccccc2Cl)c1. The molecular formula is C17H14ClNO4. The summed E-state index contributed by atoms with van der Waals surface area (Å²) in [6.07, 6.45) is 2.47. The molecule has 0 saturated heterocycles. The van der Waals surface area contributed by atoms with Gasteiger partial charge in [0.25, 0.3) is 5.91 Å². The van der Waals surface area contributed by atoms with Crippen LogP contribution >= 0.6 is 11.6 Å².